The van der Waals surface area contributed by atoms with Crippen molar-refractivity contribution in [2.24, 2.45) is 0 Å². The molecule has 2 rings (SSSR count). The van der Waals surface area contributed by atoms with Gasteiger partial charge in [0.15, 0.2) is 0 Å². The average molecular weight is 349 g/mol. The first-order valence-corrected chi connectivity index (χ1v) is 7.10. The Bertz CT molecular complexity index is 686. The van der Waals surface area contributed by atoms with Crippen molar-refractivity contribution in [2.75, 3.05) is 5.32 Å². The van der Waals surface area contributed by atoms with Gasteiger partial charge >= 0.3 is 6.03 Å². The molecule has 0 saturated carbocycles. The molecule has 21 heavy (non-hydrogen) atoms. The minimum atomic E-state index is -0.357. The van der Waals surface area contributed by atoms with Crippen LogP contribution >= 0.6 is 15.9 Å². The van der Waals surface area contributed by atoms with Crippen LogP contribution in [0.4, 0.5) is 14.9 Å². The van der Waals surface area contributed by atoms with E-state index in [0.29, 0.717) is 11.3 Å². The van der Waals surface area contributed by atoms with Gasteiger partial charge in [0.25, 0.3) is 0 Å². The number of rotatable bonds is 3. The van der Waals surface area contributed by atoms with Crippen LogP contribution in [0.15, 0.2) is 53.1 Å². The number of amides is 2. The molecule has 0 radical (unpaired) electrons. The van der Waals surface area contributed by atoms with Crippen molar-refractivity contribution in [3.8, 4) is 0 Å². The number of halogens is 2. The van der Waals surface area contributed by atoms with E-state index in [1.54, 1.807) is 24.3 Å². The van der Waals surface area contributed by atoms with Crippen LogP contribution in [0.3, 0.4) is 0 Å². The minimum Gasteiger partial charge on any atom is -0.314 e. The number of hydrogen-bond donors (Lipinski definition) is 2. The monoisotopic (exact) mass is 348 g/mol. The van der Waals surface area contributed by atoms with Crippen LogP contribution in [0, 0.1) is 12.7 Å². The van der Waals surface area contributed by atoms with Crippen LogP contribution in [-0.4, -0.2) is 6.03 Å². The summed E-state index contributed by atoms with van der Waals surface area (Å²) in [6.45, 7) is 1.94. The highest BCUT2D eigenvalue weighted by Crippen LogP contribution is 2.19. The van der Waals surface area contributed by atoms with Crippen molar-refractivity contribution in [3.63, 3.8) is 0 Å². The van der Waals surface area contributed by atoms with E-state index in [4.69, 9.17) is 0 Å². The van der Waals surface area contributed by atoms with Gasteiger partial charge in [-0.25, -0.2) is 9.18 Å². The summed E-state index contributed by atoms with van der Waals surface area (Å²) in [4.78, 5) is 11.7. The zero-order valence-corrected chi connectivity index (χ0v) is 12.9. The summed E-state index contributed by atoms with van der Waals surface area (Å²) < 4.78 is 14.0. The topological polar surface area (TPSA) is 41.1 Å². The average Bonchev–Trinajstić information content (AvgIpc) is 2.43. The lowest BCUT2D eigenvalue weighted by Crippen LogP contribution is -2.23. The Balaban J connectivity index is 1.91. The molecule has 0 fully saturated rings. The molecule has 2 amide bonds. The highest BCUT2D eigenvalue weighted by atomic mass is 79.9. The molecule has 5 heteroatoms. The second kappa shape index (κ2) is 7.04. The van der Waals surface area contributed by atoms with Gasteiger partial charge in [-0.3, -0.25) is 0 Å². The summed E-state index contributed by atoms with van der Waals surface area (Å²) in [5, 5.41) is 5.28. The van der Waals surface area contributed by atoms with Crippen molar-refractivity contribution >= 4 is 33.7 Å². The van der Waals surface area contributed by atoms with E-state index in [-0.39, 0.29) is 11.8 Å². The van der Waals surface area contributed by atoms with Crippen molar-refractivity contribution in [2.45, 2.75) is 6.92 Å². The van der Waals surface area contributed by atoms with Crippen molar-refractivity contribution < 1.29 is 9.18 Å². The lowest BCUT2D eigenvalue weighted by Gasteiger charge is -2.06. The molecule has 0 bridgehead atoms. The van der Waals surface area contributed by atoms with Gasteiger partial charge in [0.05, 0.1) is 0 Å². The molecule has 0 aromatic heterocycles. The normalized spacial score (nSPS) is 10.6. The lowest BCUT2D eigenvalue weighted by atomic mass is 10.2. The van der Waals surface area contributed by atoms with Gasteiger partial charge in [0.1, 0.15) is 5.82 Å². The molecule has 0 aliphatic rings. The lowest BCUT2D eigenvalue weighted by molar-refractivity contribution is 0.255. The van der Waals surface area contributed by atoms with E-state index in [1.165, 1.54) is 18.3 Å². The summed E-state index contributed by atoms with van der Waals surface area (Å²) in [5.41, 5.74) is 2.41. The van der Waals surface area contributed by atoms with Crippen LogP contribution in [0.5, 0.6) is 0 Å². The van der Waals surface area contributed by atoms with E-state index in [0.717, 1.165) is 10.0 Å². The minimum absolute atomic E-state index is 0.313. The Labute approximate surface area is 131 Å². The Morgan fingerprint density at radius 2 is 2.05 bits per heavy atom. The smallest absolute Gasteiger partial charge is 0.314 e. The third-order valence-electron chi connectivity index (χ3n) is 2.75. The molecule has 2 N–H and O–H groups in total. The number of anilines is 1. The standard InChI is InChI=1S/C16H14BrFN2O/c1-11-9-14(5-6-15(11)17)20-16(21)19-8-7-12-3-2-4-13(18)10-12/h2-10H,1H3,(H2,19,20,21)/b8-7+. The highest BCUT2D eigenvalue weighted by molar-refractivity contribution is 9.10. The fourth-order valence-corrected chi connectivity index (χ4v) is 1.96. The zero-order valence-electron chi connectivity index (χ0n) is 11.4. The molecule has 3 nitrogen and oxygen atoms in total. The van der Waals surface area contributed by atoms with Crippen LogP contribution in [0.2, 0.25) is 0 Å². The fourth-order valence-electron chi connectivity index (χ4n) is 1.71. The number of nitrogens with one attached hydrogen (secondary N) is 2. The number of hydrogen-bond acceptors (Lipinski definition) is 1. The third kappa shape index (κ3) is 4.72. The summed E-state index contributed by atoms with van der Waals surface area (Å²) >= 11 is 3.40. The van der Waals surface area contributed by atoms with Crippen molar-refractivity contribution in [3.05, 3.63) is 70.1 Å². The van der Waals surface area contributed by atoms with Gasteiger partial charge in [-0.2, -0.15) is 0 Å². The highest BCUT2D eigenvalue weighted by Gasteiger charge is 2.01. The van der Waals surface area contributed by atoms with E-state index in [2.05, 4.69) is 26.6 Å². The molecule has 0 saturated heterocycles. The first-order chi connectivity index (χ1) is 10.0. The van der Waals surface area contributed by atoms with E-state index < -0.39 is 0 Å². The first kappa shape index (κ1) is 15.3. The first-order valence-electron chi connectivity index (χ1n) is 6.30. The number of carbonyl (C=O) groups excluding carboxylic acids is 1. The van der Waals surface area contributed by atoms with Crippen molar-refractivity contribution in [1.82, 2.24) is 5.32 Å². The van der Waals surface area contributed by atoms with E-state index in [9.17, 15) is 9.18 Å². The van der Waals surface area contributed by atoms with Crippen LogP contribution in [0.25, 0.3) is 6.08 Å². The second-order valence-electron chi connectivity index (χ2n) is 4.45. The number of benzene rings is 2. The largest absolute Gasteiger partial charge is 0.323 e. The molecule has 2 aromatic rings. The summed E-state index contributed by atoms with van der Waals surface area (Å²) in [6.07, 6.45) is 3.09. The summed E-state index contributed by atoms with van der Waals surface area (Å²) in [6, 6.07) is 11.3. The van der Waals surface area contributed by atoms with Crippen molar-refractivity contribution in [1.29, 1.82) is 0 Å². The molecule has 108 valence electrons. The number of carbonyl (C=O) groups is 1. The van der Waals surface area contributed by atoms with Gasteiger partial charge in [-0.05, 0) is 54.5 Å². The van der Waals surface area contributed by atoms with Gasteiger partial charge in [0, 0.05) is 16.4 Å². The maximum atomic E-state index is 13.0. The van der Waals surface area contributed by atoms with Crippen LogP contribution in [0.1, 0.15) is 11.1 Å². The molecule has 0 aliphatic heterocycles. The Kier molecular flexibility index (Phi) is 5.11. The Morgan fingerprint density at radius 1 is 1.24 bits per heavy atom. The van der Waals surface area contributed by atoms with Gasteiger partial charge < -0.3 is 10.6 Å². The van der Waals surface area contributed by atoms with Gasteiger partial charge in [-0.15, -0.1) is 0 Å². The molecule has 0 atom stereocenters. The summed E-state index contributed by atoms with van der Waals surface area (Å²) in [5.74, 6) is -0.313. The van der Waals surface area contributed by atoms with E-state index >= 15 is 0 Å². The quantitative estimate of drug-likeness (QED) is 0.829. The Hall–Kier alpha value is -2.14. The molecule has 0 heterocycles. The Morgan fingerprint density at radius 3 is 2.76 bits per heavy atom. The van der Waals surface area contributed by atoms with E-state index in [1.807, 2.05) is 19.1 Å². The zero-order chi connectivity index (χ0) is 15.2. The predicted octanol–water partition coefficient (Wildman–Crippen LogP) is 4.69. The molecule has 0 unspecified atom stereocenters. The van der Waals surface area contributed by atoms with Crippen LogP contribution in [-0.2, 0) is 0 Å². The second-order valence-corrected chi connectivity index (χ2v) is 5.31. The number of urea groups is 1. The molecule has 0 spiro atoms. The third-order valence-corrected chi connectivity index (χ3v) is 3.64. The molecular formula is C16H14BrFN2O. The fraction of sp³-hybridized carbons (Fsp3) is 0.0625. The maximum Gasteiger partial charge on any atom is 0.323 e. The molecule has 0 aliphatic carbocycles. The van der Waals surface area contributed by atoms with Crippen LogP contribution < -0.4 is 10.6 Å². The van der Waals surface area contributed by atoms with Gasteiger partial charge in [0.2, 0.25) is 0 Å². The van der Waals surface area contributed by atoms with Gasteiger partial charge in [-0.1, -0.05) is 28.1 Å². The molecular weight excluding hydrogens is 335 g/mol. The maximum absolute atomic E-state index is 13.0. The number of aryl methyl sites for hydroxylation is 1. The molecule has 2 aromatic carbocycles. The predicted molar refractivity (Wildman–Crippen MR) is 86.5 cm³/mol. The summed E-state index contributed by atoms with van der Waals surface area (Å²) in [7, 11) is 0. The SMILES string of the molecule is Cc1cc(NC(=O)N/C=C/c2cccc(F)c2)ccc1Br.